The molecule has 3 nitrogen and oxygen atoms in total. The van der Waals surface area contributed by atoms with Crippen LogP contribution in [-0.4, -0.2) is 18.1 Å². The number of pyridine rings is 1. The van der Waals surface area contributed by atoms with Crippen molar-refractivity contribution >= 4 is 39.8 Å². The number of hydrogen-bond donors (Lipinski definition) is 0. The van der Waals surface area contributed by atoms with Crippen LogP contribution >= 0.6 is 22.9 Å². The zero-order valence-corrected chi connectivity index (χ0v) is 16.2. The number of para-hydroxylation sites is 1. The maximum atomic E-state index is 11.6. The van der Waals surface area contributed by atoms with Gasteiger partial charge in [0.2, 0.25) is 0 Å². The third kappa shape index (κ3) is 3.46. The standard InChI is InChI=1S/C22H16ClNO2S/c1-26-19(25)13-15-11-12-18(27-15)22-21(23)20(14-7-3-2-4-8-14)16-9-5-6-10-17(16)24-22/h2-12H,13H2,1H3. The molecular weight excluding hydrogens is 378 g/mol. The van der Waals surface area contributed by atoms with E-state index in [2.05, 4.69) is 12.1 Å². The summed E-state index contributed by atoms with van der Waals surface area (Å²) in [5, 5.41) is 1.63. The largest absolute Gasteiger partial charge is 0.469 e. The molecule has 0 aliphatic rings. The summed E-state index contributed by atoms with van der Waals surface area (Å²) in [4.78, 5) is 18.2. The Labute approximate surface area is 166 Å². The van der Waals surface area contributed by atoms with Crippen molar-refractivity contribution in [1.29, 1.82) is 0 Å². The van der Waals surface area contributed by atoms with Crippen molar-refractivity contribution in [3.8, 4) is 21.7 Å². The van der Waals surface area contributed by atoms with Crippen LogP contribution in [0.2, 0.25) is 5.02 Å². The number of nitrogens with zero attached hydrogens (tertiary/aromatic N) is 1. The normalized spacial score (nSPS) is 10.9. The molecule has 0 amide bonds. The summed E-state index contributed by atoms with van der Waals surface area (Å²) in [6.07, 6.45) is 0.248. The smallest absolute Gasteiger partial charge is 0.310 e. The average molecular weight is 394 g/mol. The van der Waals surface area contributed by atoms with Gasteiger partial charge >= 0.3 is 5.97 Å². The topological polar surface area (TPSA) is 39.2 Å². The molecule has 4 aromatic rings. The molecule has 0 spiro atoms. The van der Waals surface area contributed by atoms with Crippen LogP contribution in [0.5, 0.6) is 0 Å². The van der Waals surface area contributed by atoms with Gasteiger partial charge in [-0.3, -0.25) is 4.79 Å². The first-order valence-electron chi connectivity index (χ1n) is 8.47. The van der Waals surface area contributed by atoms with Crippen LogP contribution in [0, 0.1) is 0 Å². The van der Waals surface area contributed by atoms with Gasteiger partial charge in [0.25, 0.3) is 0 Å². The second-order valence-corrected chi connectivity index (χ2v) is 7.60. The molecule has 2 heterocycles. The predicted molar refractivity (Wildman–Crippen MR) is 111 cm³/mol. The Kier molecular flexibility index (Phi) is 4.92. The molecule has 0 bridgehead atoms. The van der Waals surface area contributed by atoms with E-state index in [4.69, 9.17) is 21.3 Å². The first kappa shape index (κ1) is 17.7. The molecule has 2 aromatic heterocycles. The van der Waals surface area contributed by atoms with Gasteiger partial charge in [-0.25, -0.2) is 4.98 Å². The lowest BCUT2D eigenvalue weighted by atomic mass is 9.99. The molecule has 4 rings (SSSR count). The maximum absolute atomic E-state index is 11.6. The molecule has 0 fully saturated rings. The minimum Gasteiger partial charge on any atom is -0.469 e. The van der Waals surface area contributed by atoms with Gasteiger partial charge in [0.05, 0.1) is 28.9 Å². The highest BCUT2D eigenvalue weighted by Crippen LogP contribution is 2.41. The van der Waals surface area contributed by atoms with Crippen LogP contribution in [0.1, 0.15) is 4.88 Å². The number of benzene rings is 2. The lowest BCUT2D eigenvalue weighted by molar-refractivity contribution is -0.139. The van der Waals surface area contributed by atoms with Gasteiger partial charge in [-0.05, 0) is 23.8 Å². The number of carbonyl (C=O) groups excluding carboxylic acids is 1. The van der Waals surface area contributed by atoms with Crippen molar-refractivity contribution in [2.24, 2.45) is 0 Å². The molecule has 0 N–H and O–H groups in total. The van der Waals surface area contributed by atoms with Crippen molar-refractivity contribution in [2.45, 2.75) is 6.42 Å². The van der Waals surface area contributed by atoms with Gasteiger partial charge in [0.1, 0.15) is 5.69 Å². The lowest BCUT2D eigenvalue weighted by Crippen LogP contribution is -2.02. The fraction of sp³-hybridized carbons (Fsp3) is 0.0909. The molecule has 0 saturated carbocycles. The Balaban J connectivity index is 1.90. The molecular formula is C22H16ClNO2S. The third-order valence-corrected chi connectivity index (χ3v) is 5.80. The predicted octanol–water partition coefficient (Wildman–Crippen LogP) is 6.00. The number of hydrogen-bond acceptors (Lipinski definition) is 4. The van der Waals surface area contributed by atoms with E-state index < -0.39 is 0 Å². The molecule has 27 heavy (non-hydrogen) atoms. The SMILES string of the molecule is COC(=O)Cc1ccc(-c2nc3ccccc3c(-c3ccccc3)c2Cl)s1. The number of fused-ring (bicyclic) bond motifs is 1. The zero-order valence-electron chi connectivity index (χ0n) is 14.6. The van der Waals surface area contributed by atoms with E-state index in [-0.39, 0.29) is 12.4 Å². The van der Waals surface area contributed by atoms with Crippen molar-refractivity contribution in [3.05, 3.63) is 76.6 Å². The van der Waals surface area contributed by atoms with Crippen molar-refractivity contribution in [3.63, 3.8) is 0 Å². The summed E-state index contributed by atoms with van der Waals surface area (Å²) in [6, 6.07) is 22.0. The van der Waals surface area contributed by atoms with Crippen LogP contribution in [-0.2, 0) is 16.0 Å². The van der Waals surface area contributed by atoms with Crippen molar-refractivity contribution in [2.75, 3.05) is 7.11 Å². The van der Waals surface area contributed by atoms with Crippen LogP contribution in [0.4, 0.5) is 0 Å². The molecule has 5 heteroatoms. The van der Waals surface area contributed by atoms with Crippen LogP contribution < -0.4 is 0 Å². The highest BCUT2D eigenvalue weighted by molar-refractivity contribution is 7.15. The molecule has 0 saturated heterocycles. The van der Waals surface area contributed by atoms with Crippen molar-refractivity contribution in [1.82, 2.24) is 4.98 Å². The lowest BCUT2D eigenvalue weighted by Gasteiger charge is -2.12. The minimum atomic E-state index is -0.258. The van der Waals surface area contributed by atoms with Crippen LogP contribution in [0.3, 0.4) is 0 Å². The Bertz CT molecular complexity index is 1120. The maximum Gasteiger partial charge on any atom is 0.310 e. The second kappa shape index (κ2) is 7.51. The Morgan fingerprint density at radius 3 is 2.56 bits per heavy atom. The first-order chi connectivity index (χ1) is 13.2. The summed E-state index contributed by atoms with van der Waals surface area (Å²) in [7, 11) is 1.39. The van der Waals surface area contributed by atoms with Gasteiger partial charge in [0.15, 0.2) is 0 Å². The van der Waals surface area contributed by atoms with Crippen LogP contribution in [0.25, 0.3) is 32.6 Å². The second-order valence-electron chi connectivity index (χ2n) is 6.05. The van der Waals surface area contributed by atoms with E-state index in [1.54, 1.807) is 0 Å². The monoisotopic (exact) mass is 393 g/mol. The van der Waals surface area contributed by atoms with Gasteiger partial charge in [0, 0.05) is 15.8 Å². The number of esters is 1. The molecule has 0 atom stereocenters. The van der Waals surface area contributed by atoms with Gasteiger partial charge < -0.3 is 4.74 Å². The fourth-order valence-corrected chi connectivity index (χ4v) is 4.45. The number of ether oxygens (including phenoxy) is 1. The summed E-state index contributed by atoms with van der Waals surface area (Å²) >= 11 is 8.36. The summed E-state index contributed by atoms with van der Waals surface area (Å²) in [6.45, 7) is 0. The van der Waals surface area contributed by atoms with Gasteiger partial charge in [-0.15, -0.1) is 11.3 Å². The van der Waals surface area contributed by atoms with E-state index in [9.17, 15) is 4.79 Å². The molecule has 134 valence electrons. The minimum absolute atomic E-state index is 0.248. The number of aromatic nitrogens is 1. The van der Waals surface area contributed by atoms with Gasteiger partial charge in [-0.2, -0.15) is 0 Å². The number of carbonyl (C=O) groups is 1. The van der Waals surface area contributed by atoms with E-state index in [0.717, 1.165) is 37.5 Å². The number of methoxy groups -OCH3 is 1. The van der Waals surface area contributed by atoms with E-state index >= 15 is 0 Å². The fourth-order valence-electron chi connectivity index (χ4n) is 3.05. The van der Waals surface area contributed by atoms with Crippen molar-refractivity contribution < 1.29 is 9.53 Å². The summed E-state index contributed by atoms with van der Waals surface area (Å²) in [5.41, 5.74) is 3.64. The number of halogens is 1. The molecule has 0 aliphatic carbocycles. The number of rotatable bonds is 4. The summed E-state index contributed by atoms with van der Waals surface area (Å²) in [5.74, 6) is -0.258. The molecule has 0 radical (unpaired) electrons. The van der Waals surface area contributed by atoms with Gasteiger partial charge in [-0.1, -0.05) is 60.1 Å². The summed E-state index contributed by atoms with van der Waals surface area (Å²) < 4.78 is 4.75. The Morgan fingerprint density at radius 2 is 1.78 bits per heavy atom. The Hall–Kier alpha value is -2.69. The molecule has 2 aromatic carbocycles. The highest BCUT2D eigenvalue weighted by Gasteiger charge is 2.18. The van der Waals surface area contributed by atoms with E-state index in [1.807, 2.05) is 54.6 Å². The third-order valence-electron chi connectivity index (χ3n) is 4.34. The zero-order chi connectivity index (χ0) is 18.8. The molecule has 0 aliphatic heterocycles. The van der Waals surface area contributed by atoms with E-state index in [1.165, 1.54) is 18.4 Å². The average Bonchev–Trinajstić information content (AvgIpc) is 3.16. The quantitative estimate of drug-likeness (QED) is 0.399. The molecule has 0 unspecified atom stereocenters. The Morgan fingerprint density at radius 1 is 1.04 bits per heavy atom. The van der Waals surface area contributed by atoms with E-state index in [0.29, 0.717) is 5.02 Å². The number of thiophene rings is 1. The first-order valence-corrected chi connectivity index (χ1v) is 9.66. The van der Waals surface area contributed by atoms with Crippen LogP contribution in [0.15, 0.2) is 66.7 Å². The highest BCUT2D eigenvalue weighted by atomic mass is 35.5.